The van der Waals surface area contributed by atoms with E-state index in [2.05, 4.69) is 9.97 Å². The van der Waals surface area contributed by atoms with Crippen LogP contribution in [0.5, 0.6) is 11.8 Å². The van der Waals surface area contributed by atoms with Crippen LogP contribution in [0.4, 0.5) is 19.0 Å². The molecule has 0 radical (unpaired) electrons. The molecule has 9 heteroatoms. The molecule has 0 saturated carbocycles. The van der Waals surface area contributed by atoms with Crippen molar-refractivity contribution in [3.05, 3.63) is 52.0 Å². The van der Waals surface area contributed by atoms with Gasteiger partial charge in [-0.25, -0.2) is 4.79 Å². The highest BCUT2D eigenvalue weighted by Crippen LogP contribution is 2.32. The van der Waals surface area contributed by atoms with Gasteiger partial charge in [-0.2, -0.15) is 23.1 Å². The molecule has 1 aromatic carbocycles. The van der Waals surface area contributed by atoms with Crippen LogP contribution in [0, 0.1) is 6.92 Å². The van der Waals surface area contributed by atoms with Gasteiger partial charge in [0.2, 0.25) is 0 Å². The van der Waals surface area contributed by atoms with E-state index in [1.165, 1.54) is 23.1 Å². The fraction of sp³-hybridized carbons (Fsp3) is 0.235. The Kier molecular flexibility index (Phi) is 4.31. The standard InChI is InChI=1S/C17H14F3N3O3/c1-9-6-15(24)26-12-7-10(4-5-11(9)12)25-16-21-13(17(18,19)20)8-14(22-16)23(2)3/h4-8H,1-3H3. The summed E-state index contributed by atoms with van der Waals surface area (Å²) in [4.78, 5) is 20.3. The van der Waals surface area contributed by atoms with Crippen LogP contribution < -0.4 is 15.3 Å². The third kappa shape index (κ3) is 3.61. The van der Waals surface area contributed by atoms with E-state index in [9.17, 15) is 18.0 Å². The van der Waals surface area contributed by atoms with Crippen molar-refractivity contribution >= 4 is 16.8 Å². The molecule has 6 nitrogen and oxygen atoms in total. The first-order valence-electron chi connectivity index (χ1n) is 7.49. The summed E-state index contributed by atoms with van der Waals surface area (Å²) < 4.78 is 49.6. The van der Waals surface area contributed by atoms with Gasteiger partial charge in [-0.3, -0.25) is 0 Å². The minimum atomic E-state index is -4.64. The molecule has 2 aromatic heterocycles. The lowest BCUT2D eigenvalue weighted by Gasteiger charge is -2.15. The molecule has 136 valence electrons. The molecule has 0 saturated heterocycles. The van der Waals surface area contributed by atoms with Crippen LogP contribution in [0.1, 0.15) is 11.3 Å². The first-order chi connectivity index (χ1) is 12.1. The number of aromatic nitrogens is 2. The summed E-state index contributed by atoms with van der Waals surface area (Å²) >= 11 is 0. The van der Waals surface area contributed by atoms with Crippen molar-refractivity contribution in [1.82, 2.24) is 9.97 Å². The van der Waals surface area contributed by atoms with Crippen LogP contribution in [0.15, 0.2) is 39.5 Å². The largest absolute Gasteiger partial charge is 0.433 e. The molecule has 0 fully saturated rings. The predicted octanol–water partition coefficient (Wildman–Crippen LogP) is 3.77. The Balaban J connectivity index is 2.04. The van der Waals surface area contributed by atoms with Crippen LogP contribution in [-0.4, -0.2) is 24.1 Å². The summed E-state index contributed by atoms with van der Waals surface area (Å²) in [5.41, 5.74) is -0.674. The van der Waals surface area contributed by atoms with Crippen molar-refractivity contribution in [3.63, 3.8) is 0 Å². The quantitative estimate of drug-likeness (QED) is 0.658. The lowest BCUT2D eigenvalue weighted by molar-refractivity contribution is -0.141. The molecule has 0 spiro atoms. The van der Waals surface area contributed by atoms with Crippen LogP contribution in [-0.2, 0) is 6.18 Å². The third-order valence-electron chi connectivity index (χ3n) is 3.57. The van der Waals surface area contributed by atoms with Crippen LogP contribution in [0.25, 0.3) is 11.0 Å². The average Bonchev–Trinajstić information content (AvgIpc) is 2.53. The van der Waals surface area contributed by atoms with Gasteiger partial charge in [0, 0.05) is 37.7 Å². The number of hydrogen-bond acceptors (Lipinski definition) is 6. The van der Waals surface area contributed by atoms with Gasteiger partial charge >= 0.3 is 17.8 Å². The Hall–Kier alpha value is -3.10. The van der Waals surface area contributed by atoms with Crippen molar-refractivity contribution < 1.29 is 22.3 Å². The van der Waals surface area contributed by atoms with E-state index >= 15 is 0 Å². The van der Waals surface area contributed by atoms with E-state index in [1.807, 2.05) is 0 Å². The van der Waals surface area contributed by atoms with E-state index in [-0.39, 0.29) is 17.2 Å². The maximum Gasteiger partial charge on any atom is 0.433 e. The molecule has 3 aromatic rings. The zero-order valence-electron chi connectivity index (χ0n) is 14.1. The fourth-order valence-electron chi connectivity index (χ4n) is 2.31. The highest BCUT2D eigenvalue weighted by atomic mass is 19.4. The van der Waals surface area contributed by atoms with Crippen molar-refractivity contribution in [2.75, 3.05) is 19.0 Å². The summed E-state index contributed by atoms with van der Waals surface area (Å²) in [5.74, 6) is 0.195. The molecule has 0 aliphatic heterocycles. The zero-order chi connectivity index (χ0) is 19.1. The monoisotopic (exact) mass is 365 g/mol. The molecular weight excluding hydrogens is 351 g/mol. The van der Waals surface area contributed by atoms with Crippen LogP contribution >= 0.6 is 0 Å². The van der Waals surface area contributed by atoms with Gasteiger partial charge in [-0.05, 0) is 24.6 Å². The van der Waals surface area contributed by atoms with Gasteiger partial charge in [0.1, 0.15) is 17.2 Å². The summed E-state index contributed by atoms with van der Waals surface area (Å²) in [7, 11) is 3.11. The SMILES string of the molecule is Cc1cc(=O)oc2cc(Oc3nc(N(C)C)cc(C(F)(F)F)n3)ccc12. The van der Waals surface area contributed by atoms with E-state index in [1.54, 1.807) is 27.1 Å². The molecule has 0 atom stereocenters. The normalized spacial score (nSPS) is 11.6. The van der Waals surface area contributed by atoms with Gasteiger partial charge in [0.05, 0.1) is 0 Å². The average molecular weight is 365 g/mol. The number of rotatable bonds is 3. The maximum atomic E-state index is 13.0. The van der Waals surface area contributed by atoms with E-state index in [0.717, 1.165) is 6.07 Å². The van der Waals surface area contributed by atoms with Gasteiger partial charge < -0.3 is 14.1 Å². The first kappa shape index (κ1) is 17.7. The van der Waals surface area contributed by atoms with E-state index in [4.69, 9.17) is 9.15 Å². The van der Waals surface area contributed by atoms with E-state index < -0.39 is 23.5 Å². The summed E-state index contributed by atoms with van der Waals surface area (Å²) in [6.45, 7) is 1.75. The number of hydrogen-bond donors (Lipinski definition) is 0. The fourth-order valence-corrected chi connectivity index (χ4v) is 2.31. The predicted molar refractivity (Wildman–Crippen MR) is 88.7 cm³/mol. The first-order valence-corrected chi connectivity index (χ1v) is 7.49. The Morgan fingerprint density at radius 2 is 1.85 bits per heavy atom. The van der Waals surface area contributed by atoms with Gasteiger partial charge in [-0.1, -0.05) is 0 Å². The molecule has 0 bridgehead atoms. The number of benzene rings is 1. The van der Waals surface area contributed by atoms with Crippen LogP contribution in [0.2, 0.25) is 0 Å². The Bertz CT molecular complexity index is 1030. The smallest absolute Gasteiger partial charge is 0.424 e. The van der Waals surface area contributed by atoms with Crippen molar-refractivity contribution in [2.45, 2.75) is 13.1 Å². The number of ether oxygens (including phenoxy) is 1. The highest BCUT2D eigenvalue weighted by molar-refractivity contribution is 5.81. The number of alkyl halides is 3. The Morgan fingerprint density at radius 3 is 2.50 bits per heavy atom. The maximum absolute atomic E-state index is 13.0. The van der Waals surface area contributed by atoms with Crippen molar-refractivity contribution in [2.24, 2.45) is 0 Å². The number of halogens is 3. The minimum absolute atomic E-state index is 0.0468. The Labute approximate surface area is 145 Å². The summed E-state index contributed by atoms with van der Waals surface area (Å²) in [6.07, 6.45) is -4.64. The molecule has 0 amide bonds. The van der Waals surface area contributed by atoms with Crippen molar-refractivity contribution in [3.8, 4) is 11.8 Å². The molecular formula is C17H14F3N3O3. The minimum Gasteiger partial charge on any atom is -0.424 e. The summed E-state index contributed by atoms with van der Waals surface area (Å²) in [5, 5.41) is 0.691. The molecule has 3 rings (SSSR count). The molecule has 2 heterocycles. The lowest BCUT2D eigenvalue weighted by atomic mass is 10.1. The second kappa shape index (κ2) is 6.32. The molecule has 0 aliphatic carbocycles. The molecule has 26 heavy (non-hydrogen) atoms. The zero-order valence-corrected chi connectivity index (χ0v) is 14.1. The van der Waals surface area contributed by atoms with E-state index in [0.29, 0.717) is 10.9 Å². The van der Waals surface area contributed by atoms with Gasteiger partial charge in [0.25, 0.3) is 0 Å². The second-order valence-corrected chi connectivity index (χ2v) is 5.79. The molecule has 0 N–H and O–H groups in total. The number of aryl methyl sites for hydroxylation is 1. The Morgan fingerprint density at radius 1 is 1.12 bits per heavy atom. The van der Waals surface area contributed by atoms with Gasteiger partial charge in [-0.15, -0.1) is 0 Å². The van der Waals surface area contributed by atoms with Crippen LogP contribution in [0.3, 0.4) is 0 Å². The molecule has 0 unspecified atom stereocenters. The van der Waals surface area contributed by atoms with Gasteiger partial charge in [0.15, 0.2) is 5.69 Å². The number of fused-ring (bicyclic) bond motifs is 1. The third-order valence-corrected chi connectivity index (χ3v) is 3.57. The topological polar surface area (TPSA) is 68.5 Å². The second-order valence-electron chi connectivity index (χ2n) is 5.79. The molecule has 0 aliphatic rings. The highest BCUT2D eigenvalue weighted by Gasteiger charge is 2.34. The number of anilines is 1. The lowest BCUT2D eigenvalue weighted by Crippen LogP contribution is -2.16. The summed E-state index contributed by atoms with van der Waals surface area (Å²) in [6, 6.07) is 6.30. The van der Waals surface area contributed by atoms with Crippen molar-refractivity contribution in [1.29, 1.82) is 0 Å². The number of nitrogens with zero attached hydrogens (tertiary/aromatic N) is 3.